The Bertz CT molecular complexity index is 4480. The molecule has 0 aliphatic rings. The fourth-order valence-electron chi connectivity index (χ4n) is 10.4. The van der Waals surface area contributed by atoms with Crippen molar-refractivity contribution in [1.29, 1.82) is 0 Å². The van der Waals surface area contributed by atoms with Crippen LogP contribution in [0.1, 0.15) is 57.8 Å². The second-order valence-electron chi connectivity index (χ2n) is 28.1. The number of aliphatic hydroxyl groups is 8. The Kier molecular flexibility index (Phi) is 54.2. The molecule has 137 heavy (non-hydrogen) atoms. The topological polar surface area (TPSA) is 1160 Å². The molecular weight excluding hydrogens is 1870 g/mol. The first-order chi connectivity index (χ1) is 63.9. The number of amides is 23. The Labute approximate surface area is 764 Å². The van der Waals surface area contributed by atoms with Crippen molar-refractivity contribution in [1.82, 2.24) is 106 Å². The van der Waals surface area contributed by atoms with E-state index in [9.17, 15) is 215 Å². The third-order valence-electron chi connectivity index (χ3n) is 17.2. The molecule has 23 amide bonds. The molecule has 764 valence electrons. The first kappa shape index (κ1) is 121. The number of carbonyl (C=O) groups excluding carboxylic acids is 23. The van der Waals surface area contributed by atoms with Crippen molar-refractivity contribution in [2.75, 3.05) is 79.0 Å². The largest absolute Gasteiger partial charge is 0.481 e. The van der Waals surface area contributed by atoms with Crippen LogP contribution in [0.4, 0.5) is 0 Å². The Morgan fingerprint density at radius 3 is 0.496 bits per heavy atom. The summed E-state index contributed by atoms with van der Waals surface area (Å²) in [5.74, 6) is -47.0. The van der Waals surface area contributed by atoms with E-state index in [-0.39, 0.29) is 0 Å². The second-order valence-corrected chi connectivity index (χ2v) is 28.1. The van der Waals surface area contributed by atoms with E-state index in [1.54, 1.807) is 21.3 Å². The molecule has 69 nitrogen and oxygen atoms in total. The van der Waals surface area contributed by atoms with Gasteiger partial charge in [-0.05, 0) is 0 Å². The smallest absolute Gasteiger partial charge is 0.326 e. The van der Waals surface area contributed by atoms with Crippen LogP contribution >= 0.6 is 0 Å². The van der Waals surface area contributed by atoms with E-state index in [1.807, 2.05) is 85.1 Å². The van der Waals surface area contributed by atoms with Crippen LogP contribution in [-0.4, -0.2) is 436 Å². The molecule has 0 unspecified atom stereocenters. The van der Waals surface area contributed by atoms with Crippen LogP contribution in [0.15, 0.2) is 0 Å². The quantitative estimate of drug-likeness (QED) is 0.0269. The van der Waals surface area contributed by atoms with Crippen molar-refractivity contribution >= 4 is 178 Å². The van der Waals surface area contributed by atoms with Gasteiger partial charge in [0.25, 0.3) is 0 Å². The van der Waals surface area contributed by atoms with Gasteiger partial charge in [-0.3, -0.25) is 139 Å². The van der Waals surface area contributed by atoms with Crippen molar-refractivity contribution in [2.24, 2.45) is 22.9 Å². The molecule has 0 saturated carbocycles. The van der Waals surface area contributed by atoms with Crippen LogP contribution in [0, 0.1) is 0 Å². The third kappa shape index (κ3) is 47.1. The Morgan fingerprint density at radius 2 is 0.314 bits per heavy atom. The molecule has 17 atom stereocenters. The summed E-state index contributed by atoms with van der Waals surface area (Å²) in [6.07, 6.45) is -11.2. The Balaban J connectivity index is 6.10. The monoisotopic (exact) mass is 1970 g/mol. The van der Waals surface area contributed by atoms with Gasteiger partial charge in [0.2, 0.25) is 136 Å². The van der Waals surface area contributed by atoms with E-state index in [1.165, 1.54) is 0 Å². The number of primary amides is 3. The average Bonchev–Trinajstić information content (AvgIpc) is 0.849. The van der Waals surface area contributed by atoms with Gasteiger partial charge in [0.05, 0.1) is 143 Å². The summed E-state index contributed by atoms with van der Waals surface area (Å²) >= 11 is 0. The lowest BCUT2D eigenvalue weighted by Crippen LogP contribution is -2.61. The number of aliphatic hydroxyl groups excluding tert-OH is 8. The van der Waals surface area contributed by atoms with Crippen molar-refractivity contribution < 1.29 is 220 Å². The number of nitrogens with two attached hydrogens (primary N) is 4. The predicted molar refractivity (Wildman–Crippen MR) is 430 cm³/mol. The van der Waals surface area contributed by atoms with Gasteiger partial charge in [0.1, 0.15) is 96.7 Å². The van der Waals surface area contributed by atoms with Gasteiger partial charge in [0.15, 0.2) is 0 Å². The van der Waals surface area contributed by atoms with Gasteiger partial charge in [-0.25, -0.2) is 4.79 Å². The first-order valence-electron chi connectivity index (χ1n) is 38.9. The number of nitrogens with one attached hydrogen (secondary N) is 20. The van der Waals surface area contributed by atoms with E-state index >= 15 is 0 Å². The van der Waals surface area contributed by atoms with Crippen LogP contribution in [-0.2, 0) is 144 Å². The molecule has 0 saturated heterocycles. The zero-order valence-electron chi connectivity index (χ0n) is 70.9. The summed E-state index contributed by atoms with van der Waals surface area (Å²) in [5, 5.41) is 181. The summed E-state index contributed by atoms with van der Waals surface area (Å²) in [6, 6.07) is -36.7. The average molecular weight is 1980 g/mol. The molecule has 69 heteroatoms. The molecule has 43 N–H and O–H groups in total. The summed E-state index contributed by atoms with van der Waals surface area (Å²) in [5.41, 5.74) is 20.8. The highest BCUT2D eigenvalue weighted by Gasteiger charge is 2.40. The molecule has 0 aliphatic heterocycles. The zero-order valence-corrected chi connectivity index (χ0v) is 70.9. The van der Waals surface area contributed by atoms with Gasteiger partial charge in [-0.2, -0.15) is 0 Å². The van der Waals surface area contributed by atoms with Crippen LogP contribution in [0.2, 0.25) is 0 Å². The molecule has 0 fully saturated rings. The van der Waals surface area contributed by atoms with Crippen LogP contribution in [0.5, 0.6) is 0 Å². The molecule has 0 rings (SSSR count). The number of carbonyl (C=O) groups is 30. The van der Waals surface area contributed by atoms with E-state index in [0.29, 0.717) is 0 Å². The van der Waals surface area contributed by atoms with Crippen LogP contribution in [0.25, 0.3) is 0 Å². The second kappa shape index (κ2) is 61.5. The van der Waals surface area contributed by atoms with E-state index < -0.39 is 417 Å². The van der Waals surface area contributed by atoms with Crippen molar-refractivity contribution in [3.8, 4) is 0 Å². The lowest BCUT2D eigenvalue weighted by Gasteiger charge is -2.25. The zero-order chi connectivity index (χ0) is 105. The fourth-order valence-corrected chi connectivity index (χ4v) is 10.4. The maximum absolute atomic E-state index is 13.6. The van der Waals surface area contributed by atoms with E-state index in [2.05, 4.69) is 0 Å². The van der Waals surface area contributed by atoms with Crippen molar-refractivity contribution in [3.63, 3.8) is 0 Å². The van der Waals surface area contributed by atoms with Gasteiger partial charge in [-0.15, -0.1) is 0 Å². The number of carboxylic acids is 7. The summed E-state index contributed by atoms with van der Waals surface area (Å²) in [6.45, 7) is -15.8. The minimum Gasteiger partial charge on any atom is -0.481 e. The van der Waals surface area contributed by atoms with Gasteiger partial charge >= 0.3 is 41.8 Å². The molecule has 0 radical (unpaired) electrons. The minimum absolute atomic E-state index is 0.959. The summed E-state index contributed by atoms with van der Waals surface area (Å²) in [4.78, 5) is 379. The minimum atomic E-state index is -2.37. The molecule has 0 aromatic carbocycles. The molecule has 0 bridgehead atoms. The maximum atomic E-state index is 13.6. The number of rotatable bonds is 67. The normalized spacial score (nSPS) is 14.4. The predicted octanol–water partition coefficient (Wildman–Crippen LogP) is -27.0. The summed E-state index contributed by atoms with van der Waals surface area (Å²) < 4.78 is 0. The van der Waals surface area contributed by atoms with Crippen molar-refractivity contribution in [3.05, 3.63) is 0 Å². The van der Waals surface area contributed by atoms with E-state index in [0.717, 1.165) is 0 Å². The highest BCUT2D eigenvalue weighted by atomic mass is 16.4. The number of carboxylic acid groups (broad SMARTS) is 7. The van der Waals surface area contributed by atoms with Crippen LogP contribution in [0.3, 0.4) is 0 Å². The lowest BCUT2D eigenvalue weighted by molar-refractivity contribution is -0.144. The molecule has 0 heterocycles. The molecule has 0 aromatic rings. The number of hydrogen-bond acceptors (Lipinski definition) is 39. The third-order valence-corrected chi connectivity index (χ3v) is 17.2. The number of aliphatic carboxylic acids is 7. The standard InChI is InChI=1S/C68H102N24O45/c69-22(1-46(108)109)52(120)89-35(18-97)64(132)87-29(9-51(118)119)61(129)91-37(20-99)66(134)82-24(3-40(71)102)58(126)84-26(6-48(112)113)54(122)74-11-43(105)77-31(14-93)55(123)75-12-44(106)79-33(16-95)62(130)85-27(7-49(114)115)59(127)90-36(19-98)65(133)81-23(2-39(70)101)57(125)83-25(5-47(110)111)53(121)73-10-42(104)78-32(15-94)56(124)76-13-45(107)80-34(17-96)63(131)86-28(8-50(116)117)60(128)92-38(21-100)67(135)88-30(68(136)137)4-41(72)103/h22-38,93-100H,1-21,69H2,(H2,70,101)(H2,71,102)(H2,72,103)(H,73,121)(H,74,122)(H,75,123)(H,76,124)(H,77,105)(H,78,104)(H,79,106)(H,80,107)(H,81,133)(H,82,134)(H,83,125)(H,84,126)(H,85,130)(H,86,131)(H,87,132)(H,88,135)(H,89,120)(H,90,127)(H,91,129)(H,92,128)(H,108,109)(H,110,111)(H,112,113)(H,114,115)(H,116,117)(H,118,119)(H,136,137)/t22-,23-,24-,25-,26-,27-,28-,29-,30-,31-,32-,33-,34-,35-,36-,37-,38-/m0/s1. The summed E-state index contributed by atoms with van der Waals surface area (Å²) in [7, 11) is 0. The molecule has 0 spiro atoms. The Morgan fingerprint density at radius 1 is 0.175 bits per heavy atom. The highest BCUT2D eigenvalue weighted by Crippen LogP contribution is 2.08. The van der Waals surface area contributed by atoms with Crippen molar-refractivity contribution in [2.45, 2.75) is 160 Å². The van der Waals surface area contributed by atoms with Gasteiger partial charge in [-0.1, -0.05) is 0 Å². The van der Waals surface area contributed by atoms with E-state index in [4.69, 9.17) is 28.0 Å². The molecule has 0 aromatic heterocycles. The lowest BCUT2D eigenvalue weighted by atomic mass is 10.1. The number of hydrogen-bond donors (Lipinski definition) is 39. The molecule has 0 aliphatic carbocycles. The maximum Gasteiger partial charge on any atom is 0.326 e. The molecular formula is C68H102N24O45. The van der Waals surface area contributed by atoms with Gasteiger partial charge in [0, 0.05) is 0 Å². The van der Waals surface area contributed by atoms with Crippen LogP contribution < -0.4 is 129 Å². The fraction of sp³-hybridized carbons (Fsp3) is 0.559. The van der Waals surface area contributed by atoms with Gasteiger partial charge < -0.3 is 206 Å². The highest BCUT2D eigenvalue weighted by molar-refractivity contribution is 6.04. The first-order valence-corrected chi connectivity index (χ1v) is 38.9. The SMILES string of the molecule is NC(=O)C[C@H](NC(=O)[C@H](CO)NC(=O)[C@H](CC(=O)O)NC(=O)[C@H](CO)NC(=O)CNC(=O)[C@H](CO)NC(=O)CNC(=O)[C@H](CC(=O)O)NC(=O)[C@H](CC(N)=O)NC(=O)[C@H](CO)NC(=O)[C@H](CC(=O)O)NC(=O)[C@H](CO)NC(=O)CNC(=O)[C@H](CO)NC(=O)CNC(=O)[C@H](CC(=O)O)NC(=O)[C@H](CC(N)=O)NC(=O)[C@H](CO)NC(=O)[C@H](CC(=O)O)NC(=O)[C@H](CO)NC(=O)[C@@H](N)CC(=O)O)C(=O)O. The Hall–Kier alpha value is -16.3.